The largest absolute Gasteiger partial charge is 0.376 e. The number of carbonyl (C=O) groups excluding carboxylic acids is 1. The van der Waals surface area contributed by atoms with E-state index in [-0.39, 0.29) is 18.3 Å². The van der Waals surface area contributed by atoms with Crippen LogP contribution in [-0.2, 0) is 4.79 Å². The predicted molar refractivity (Wildman–Crippen MR) is 80.0 cm³/mol. The van der Waals surface area contributed by atoms with Crippen molar-refractivity contribution in [2.75, 3.05) is 17.2 Å². The summed E-state index contributed by atoms with van der Waals surface area (Å²) in [5, 5.41) is 6.42. The summed E-state index contributed by atoms with van der Waals surface area (Å²) in [6, 6.07) is 10.5. The van der Waals surface area contributed by atoms with Crippen LogP contribution >= 0.6 is 23.2 Å². The molecule has 0 aliphatic heterocycles. The van der Waals surface area contributed by atoms with Crippen molar-refractivity contribution in [2.24, 2.45) is 0 Å². The molecule has 0 fully saturated rings. The fourth-order valence-corrected chi connectivity index (χ4v) is 1.82. The first kappa shape index (κ1) is 14.6. The molecule has 0 unspecified atom stereocenters. The molecule has 20 heavy (non-hydrogen) atoms. The third-order valence-corrected chi connectivity index (χ3v) is 3.24. The van der Waals surface area contributed by atoms with E-state index >= 15 is 0 Å². The van der Waals surface area contributed by atoms with E-state index in [0.29, 0.717) is 21.4 Å². The van der Waals surface area contributed by atoms with Gasteiger partial charge in [-0.3, -0.25) is 4.79 Å². The molecule has 0 spiro atoms. The number of benzene rings is 2. The average molecular weight is 313 g/mol. The summed E-state index contributed by atoms with van der Waals surface area (Å²) in [5.41, 5.74) is 1.22. The number of hydrogen-bond donors (Lipinski definition) is 2. The summed E-state index contributed by atoms with van der Waals surface area (Å²) >= 11 is 11.7. The maximum Gasteiger partial charge on any atom is 0.243 e. The maximum atomic E-state index is 12.7. The molecule has 2 N–H and O–H groups in total. The summed E-state index contributed by atoms with van der Waals surface area (Å²) in [7, 11) is 0. The highest BCUT2D eigenvalue weighted by molar-refractivity contribution is 6.42. The van der Waals surface area contributed by atoms with Crippen molar-refractivity contribution in [1.29, 1.82) is 0 Å². The number of amides is 1. The predicted octanol–water partition coefficient (Wildman–Crippen LogP) is 4.18. The number of rotatable bonds is 4. The zero-order valence-electron chi connectivity index (χ0n) is 10.3. The SMILES string of the molecule is O=C(CNc1ccc(Cl)c(Cl)c1)Nc1ccc(F)cc1. The Balaban J connectivity index is 1.88. The lowest BCUT2D eigenvalue weighted by molar-refractivity contribution is -0.114. The number of anilines is 2. The standard InChI is InChI=1S/C14H11Cl2FN2O/c15-12-6-5-11(7-13(12)16)18-8-14(20)19-10-3-1-9(17)2-4-10/h1-7,18H,8H2,(H,19,20). The van der Waals surface area contributed by atoms with Crippen molar-refractivity contribution in [3.63, 3.8) is 0 Å². The van der Waals surface area contributed by atoms with Crippen LogP contribution in [0.2, 0.25) is 10.0 Å². The van der Waals surface area contributed by atoms with Crippen molar-refractivity contribution in [2.45, 2.75) is 0 Å². The first-order valence-corrected chi connectivity index (χ1v) is 6.54. The highest BCUT2D eigenvalue weighted by Gasteiger charge is 2.04. The zero-order valence-corrected chi connectivity index (χ0v) is 11.8. The topological polar surface area (TPSA) is 41.1 Å². The Morgan fingerprint density at radius 2 is 1.65 bits per heavy atom. The van der Waals surface area contributed by atoms with Crippen LogP contribution in [-0.4, -0.2) is 12.5 Å². The molecule has 0 atom stereocenters. The highest BCUT2D eigenvalue weighted by Crippen LogP contribution is 2.24. The van der Waals surface area contributed by atoms with Crippen molar-refractivity contribution >= 4 is 40.5 Å². The monoisotopic (exact) mass is 312 g/mol. The lowest BCUT2D eigenvalue weighted by Gasteiger charge is -2.08. The Morgan fingerprint density at radius 1 is 1.00 bits per heavy atom. The van der Waals surface area contributed by atoms with Crippen LogP contribution in [0.1, 0.15) is 0 Å². The molecule has 0 aromatic heterocycles. The van der Waals surface area contributed by atoms with Crippen LogP contribution in [0.15, 0.2) is 42.5 Å². The number of hydrogen-bond acceptors (Lipinski definition) is 2. The first-order valence-electron chi connectivity index (χ1n) is 5.79. The van der Waals surface area contributed by atoms with Gasteiger partial charge >= 0.3 is 0 Å². The van der Waals surface area contributed by atoms with E-state index in [2.05, 4.69) is 10.6 Å². The zero-order chi connectivity index (χ0) is 14.5. The summed E-state index contributed by atoms with van der Waals surface area (Å²) in [6.45, 7) is 0.0648. The molecule has 0 bridgehead atoms. The van der Waals surface area contributed by atoms with Gasteiger partial charge in [-0.25, -0.2) is 4.39 Å². The number of carbonyl (C=O) groups is 1. The normalized spacial score (nSPS) is 10.2. The third kappa shape index (κ3) is 4.11. The second-order valence-corrected chi connectivity index (χ2v) is 4.85. The Morgan fingerprint density at radius 3 is 2.30 bits per heavy atom. The van der Waals surface area contributed by atoms with Gasteiger partial charge in [0, 0.05) is 11.4 Å². The molecule has 2 aromatic carbocycles. The third-order valence-electron chi connectivity index (χ3n) is 2.50. The van der Waals surface area contributed by atoms with E-state index in [1.807, 2.05) is 0 Å². The van der Waals surface area contributed by atoms with Crippen LogP contribution in [0.4, 0.5) is 15.8 Å². The van der Waals surface area contributed by atoms with Gasteiger partial charge in [-0.1, -0.05) is 23.2 Å². The number of nitrogens with one attached hydrogen (secondary N) is 2. The van der Waals surface area contributed by atoms with E-state index < -0.39 is 0 Å². The van der Waals surface area contributed by atoms with Crippen LogP contribution in [0.5, 0.6) is 0 Å². The van der Waals surface area contributed by atoms with Gasteiger partial charge in [0.1, 0.15) is 5.82 Å². The van der Waals surface area contributed by atoms with Crippen LogP contribution in [0.25, 0.3) is 0 Å². The Hall–Kier alpha value is -1.78. The highest BCUT2D eigenvalue weighted by atomic mass is 35.5. The minimum absolute atomic E-state index is 0.0648. The molecule has 104 valence electrons. The molecule has 0 saturated carbocycles. The quantitative estimate of drug-likeness (QED) is 0.889. The van der Waals surface area contributed by atoms with Gasteiger partial charge in [-0.05, 0) is 42.5 Å². The van der Waals surface area contributed by atoms with Gasteiger partial charge < -0.3 is 10.6 Å². The molecule has 0 aliphatic rings. The van der Waals surface area contributed by atoms with Crippen LogP contribution in [0, 0.1) is 5.82 Å². The Labute approximate surface area is 125 Å². The summed E-state index contributed by atoms with van der Waals surface area (Å²) in [6.07, 6.45) is 0. The van der Waals surface area contributed by atoms with Crippen molar-refractivity contribution in [1.82, 2.24) is 0 Å². The lowest BCUT2D eigenvalue weighted by atomic mass is 10.3. The molecular weight excluding hydrogens is 302 g/mol. The molecule has 2 rings (SSSR count). The van der Waals surface area contributed by atoms with E-state index in [1.165, 1.54) is 24.3 Å². The minimum Gasteiger partial charge on any atom is -0.376 e. The summed E-state index contributed by atoms with van der Waals surface area (Å²) in [4.78, 5) is 11.7. The van der Waals surface area contributed by atoms with Crippen molar-refractivity contribution in [3.05, 3.63) is 58.3 Å². The molecule has 0 heterocycles. The average Bonchev–Trinajstić information content (AvgIpc) is 2.43. The molecule has 1 amide bonds. The van der Waals surface area contributed by atoms with Crippen molar-refractivity contribution in [3.8, 4) is 0 Å². The first-order chi connectivity index (χ1) is 9.54. The van der Waals surface area contributed by atoms with Gasteiger partial charge in [-0.2, -0.15) is 0 Å². The second-order valence-electron chi connectivity index (χ2n) is 4.04. The molecule has 0 saturated heterocycles. The van der Waals surface area contributed by atoms with Gasteiger partial charge in [0.25, 0.3) is 0 Å². The van der Waals surface area contributed by atoms with E-state index in [4.69, 9.17) is 23.2 Å². The molecule has 2 aromatic rings. The lowest BCUT2D eigenvalue weighted by Crippen LogP contribution is -2.21. The fraction of sp³-hybridized carbons (Fsp3) is 0.0714. The second kappa shape index (κ2) is 6.59. The molecule has 0 radical (unpaired) electrons. The molecular formula is C14H11Cl2FN2O. The van der Waals surface area contributed by atoms with Gasteiger partial charge in [0.05, 0.1) is 16.6 Å². The van der Waals surface area contributed by atoms with Crippen LogP contribution in [0.3, 0.4) is 0 Å². The van der Waals surface area contributed by atoms with Crippen molar-refractivity contribution < 1.29 is 9.18 Å². The Bertz CT molecular complexity index is 617. The molecule has 6 heteroatoms. The van der Waals surface area contributed by atoms with Gasteiger partial charge in [-0.15, -0.1) is 0 Å². The van der Waals surface area contributed by atoms with E-state index in [9.17, 15) is 9.18 Å². The summed E-state index contributed by atoms with van der Waals surface area (Å²) < 4.78 is 12.7. The summed E-state index contributed by atoms with van der Waals surface area (Å²) in [5.74, 6) is -0.598. The van der Waals surface area contributed by atoms with Gasteiger partial charge in [0.15, 0.2) is 0 Å². The minimum atomic E-state index is -0.350. The smallest absolute Gasteiger partial charge is 0.243 e. The maximum absolute atomic E-state index is 12.7. The van der Waals surface area contributed by atoms with E-state index in [1.54, 1.807) is 18.2 Å². The fourth-order valence-electron chi connectivity index (χ4n) is 1.53. The van der Waals surface area contributed by atoms with Crippen LogP contribution < -0.4 is 10.6 Å². The number of halogens is 3. The molecule has 0 aliphatic carbocycles. The molecule has 3 nitrogen and oxygen atoms in total. The van der Waals surface area contributed by atoms with Gasteiger partial charge in [0.2, 0.25) is 5.91 Å². The Kier molecular flexibility index (Phi) is 4.82. The van der Waals surface area contributed by atoms with E-state index in [0.717, 1.165) is 0 Å².